The molecule has 0 bridgehead atoms. The maximum atomic E-state index is 13.5. The van der Waals surface area contributed by atoms with Crippen LogP contribution in [-0.2, 0) is 22.6 Å². The standard InChI is InChI=1S/C27H39N5O2S/c1-3-31-24(18-25(33)28-21-16-14-20(2)15-17-21)29-30-27(31)35-19-26(34)32(22-10-6-4-7-11-22)23-12-8-5-9-13-23/h14-17,22-23H,3-13,18-19H2,1-2H3,(H,28,33). The number of rotatable bonds is 9. The minimum absolute atomic E-state index is 0.121. The maximum Gasteiger partial charge on any atom is 0.233 e. The summed E-state index contributed by atoms with van der Waals surface area (Å²) in [6.07, 6.45) is 12.2. The number of carbonyl (C=O) groups excluding carboxylic acids is 2. The van der Waals surface area contributed by atoms with E-state index in [2.05, 4.69) is 20.4 Å². The lowest BCUT2D eigenvalue weighted by molar-refractivity contribution is -0.135. The van der Waals surface area contributed by atoms with Gasteiger partial charge in [-0.3, -0.25) is 9.59 Å². The van der Waals surface area contributed by atoms with Crippen molar-refractivity contribution >= 4 is 29.3 Å². The lowest BCUT2D eigenvalue weighted by Crippen LogP contribution is -2.49. The van der Waals surface area contributed by atoms with Crippen LogP contribution in [0, 0.1) is 6.92 Å². The molecule has 1 aromatic carbocycles. The third-order valence-corrected chi connectivity index (χ3v) is 8.26. The second-order valence-electron chi connectivity index (χ2n) is 9.91. The van der Waals surface area contributed by atoms with Gasteiger partial charge in [-0.25, -0.2) is 0 Å². The molecule has 2 aliphatic carbocycles. The summed E-state index contributed by atoms with van der Waals surface area (Å²) in [5.74, 6) is 1.12. The number of anilines is 1. The van der Waals surface area contributed by atoms with Crippen LogP contribution >= 0.6 is 11.8 Å². The van der Waals surface area contributed by atoms with Gasteiger partial charge in [0.1, 0.15) is 5.82 Å². The molecule has 0 saturated heterocycles. The Balaban J connectivity index is 1.38. The van der Waals surface area contributed by atoms with Gasteiger partial charge >= 0.3 is 0 Å². The van der Waals surface area contributed by atoms with Gasteiger partial charge in [-0.1, -0.05) is 68.0 Å². The number of carbonyl (C=O) groups is 2. The molecule has 1 heterocycles. The van der Waals surface area contributed by atoms with E-state index in [1.807, 2.05) is 42.7 Å². The molecule has 8 heteroatoms. The zero-order valence-corrected chi connectivity index (χ0v) is 22.0. The van der Waals surface area contributed by atoms with Crippen LogP contribution in [-0.4, -0.2) is 49.3 Å². The first kappa shape index (κ1) is 25.7. The van der Waals surface area contributed by atoms with Gasteiger partial charge in [-0.15, -0.1) is 10.2 Å². The number of amides is 2. The van der Waals surface area contributed by atoms with E-state index in [1.54, 1.807) is 0 Å². The first-order valence-corrected chi connectivity index (χ1v) is 14.3. The van der Waals surface area contributed by atoms with Crippen molar-refractivity contribution in [1.82, 2.24) is 19.7 Å². The number of hydrogen-bond acceptors (Lipinski definition) is 5. The molecule has 7 nitrogen and oxygen atoms in total. The normalized spacial score (nSPS) is 17.3. The third kappa shape index (κ3) is 6.87. The zero-order valence-electron chi connectivity index (χ0n) is 21.2. The molecule has 0 atom stereocenters. The predicted molar refractivity (Wildman–Crippen MR) is 141 cm³/mol. The Morgan fingerprint density at radius 3 is 2.14 bits per heavy atom. The second kappa shape index (κ2) is 12.6. The van der Waals surface area contributed by atoms with Crippen LogP contribution in [0.5, 0.6) is 0 Å². The van der Waals surface area contributed by atoms with Crippen LogP contribution in [0.3, 0.4) is 0 Å². The van der Waals surface area contributed by atoms with E-state index in [9.17, 15) is 9.59 Å². The van der Waals surface area contributed by atoms with Gasteiger partial charge in [0, 0.05) is 24.3 Å². The molecule has 2 saturated carbocycles. The topological polar surface area (TPSA) is 80.1 Å². The Hall–Kier alpha value is -2.35. The van der Waals surface area contributed by atoms with Gasteiger partial charge in [-0.2, -0.15) is 0 Å². The molecule has 2 fully saturated rings. The Labute approximate surface area is 213 Å². The van der Waals surface area contributed by atoms with Crippen molar-refractivity contribution in [3.05, 3.63) is 35.7 Å². The van der Waals surface area contributed by atoms with Crippen molar-refractivity contribution in [1.29, 1.82) is 0 Å². The first-order valence-electron chi connectivity index (χ1n) is 13.3. The SMILES string of the molecule is CCn1c(CC(=O)Nc2ccc(C)cc2)nnc1SCC(=O)N(C1CCCCC1)C1CCCCC1. The summed E-state index contributed by atoms with van der Waals surface area (Å²) < 4.78 is 1.96. The van der Waals surface area contributed by atoms with Crippen LogP contribution in [0.25, 0.3) is 0 Å². The fraction of sp³-hybridized carbons (Fsp3) is 0.630. The fourth-order valence-corrected chi connectivity index (χ4v) is 6.38. The number of aryl methyl sites for hydroxylation is 1. The van der Waals surface area contributed by atoms with Gasteiger partial charge < -0.3 is 14.8 Å². The number of nitrogens with zero attached hydrogens (tertiary/aromatic N) is 4. The Bertz CT molecular complexity index is 960. The van der Waals surface area contributed by atoms with Crippen molar-refractivity contribution in [3.8, 4) is 0 Å². The molecule has 2 aromatic rings. The Morgan fingerprint density at radius 2 is 1.57 bits per heavy atom. The monoisotopic (exact) mass is 497 g/mol. The average Bonchev–Trinajstić information content (AvgIpc) is 3.26. The number of benzene rings is 1. The largest absolute Gasteiger partial charge is 0.336 e. The molecule has 0 aliphatic heterocycles. The van der Waals surface area contributed by atoms with Crippen LogP contribution < -0.4 is 5.32 Å². The molecule has 2 amide bonds. The van der Waals surface area contributed by atoms with Gasteiger partial charge in [-0.05, 0) is 51.7 Å². The van der Waals surface area contributed by atoms with Crippen molar-refractivity contribution < 1.29 is 9.59 Å². The van der Waals surface area contributed by atoms with E-state index in [-0.39, 0.29) is 18.2 Å². The molecule has 0 radical (unpaired) electrons. The third-order valence-electron chi connectivity index (χ3n) is 7.31. The highest BCUT2D eigenvalue weighted by atomic mass is 32.2. The number of nitrogens with one attached hydrogen (secondary N) is 1. The Morgan fingerprint density at radius 1 is 0.971 bits per heavy atom. The highest BCUT2D eigenvalue weighted by Gasteiger charge is 2.32. The van der Waals surface area contributed by atoms with Crippen LogP contribution in [0.4, 0.5) is 5.69 Å². The molecule has 0 spiro atoms. The second-order valence-corrected chi connectivity index (χ2v) is 10.8. The molecule has 1 aromatic heterocycles. The van der Waals surface area contributed by atoms with Gasteiger partial charge in [0.25, 0.3) is 0 Å². The van der Waals surface area contributed by atoms with Gasteiger partial charge in [0.2, 0.25) is 11.8 Å². The maximum absolute atomic E-state index is 13.5. The summed E-state index contributed by atoms with van der Waals surface area (Å²) in [6.45, 7) is 4.70. The van der Waals surface area contributed by atoms with E-state index in [0.29, 0.717) is 35.4 Å². The molecule has 190 valence electrons. The number of aromatic nitrogens is 3. The zero-order chi connectivity index (χ0) is 24.6. The van der Waals surface area contributed by atoms with Crippen LogP contribution in [0.15, 0.2) is 29.4 Å². The highest BCUT2D eigenvalue weighted by Crippen LogP contribution is 2.31. The molecule has 2 aliphatic rings. The van der Waals surface area contributed by atoms with Crippen molar-refractivity contribution in [2.24, 2.45) is 0 Å². The van der Waals surface area contributed by atoms with E-state index in [1.165, 1.54) is 50.3 Å². The van der Waals surface area contributed by atoms with E-state index in [4.69, 9.17) is 0 Å². The molecular weight excluding hydrogens is 458 g/mol. The quantitative estimate of drug-likeness (QED) is 0.471. The highest BCUT2D eigenvalue weighted by molar-refractivity contribution is 7.99. The Kier molecular flexibility index (Phi) is 9.24. The number of thioether (sulfide) groups is 1. The molecule has 4 rings (SSSR count). The summed E-state index contributed by atoms with van der Waals surface area (Å²) in [6, 6.07) is 8.53. The van der Waals surface area contributed by atoms with Gasteiger partial charge in [0.05, 0.1) is 12.2 Å². The fourth-order valence-electron chi connectivity index (χ4n) is 5.48. The minimum Gasteiger partial charge on any atom is -0.336 e. The van der Waals surface area contributed by atoms with Crippen LogP contribution in [0.1, 0.15) is 82.5 Å². The molecule has 1 N–H and O–H groups in total. The van der Waals surface area contributed by atoms with Crippen molar-refractivity contribution in [2.45, 2.75) is 108 Å². The van der Waals surface area contributed by atoms with Crippen molar-refractivity contribution in [2.75, 3.05) is 11.1 Å². The van der Waals surface area contributed by atoms with Gasteiger partial charge in [0.15, 0.2) is 5.16 Å². The smallest absolute Gasteiger partial charge is 0.233 e. The lowest BCUT2D eigenvalue weighted by Gasteiger charge is -2.41. The van der Waals surface area contributed by atoms with E-state index >= 15 is 0 Å². The van der Waals surface area contributed by atoms with E-state index < -0.39 is 0 Å². The summed E-state index contributed by atoms with van der Waals surface area (Å²) in [4.78, 5) is 28.4. The minimum atomic E-state index is -0.121. The van der Waals surface area contributed by atoms with Crippen LogP contribution in [0.2, 0.25) is 0 Å². The van der Waals surface area contributed by atoms with Crippen molar-refractivity contribution in [3.63, 3.8) is 0 Å². The summed E-state index contributed by atoms with van der Waals surface area (Å²) in [5, 5.41) is 12.3. The number of hydrogen-bond donors (Lipinski definition) is 1. The molecule has 0 unspecified atom stereocenters. The predicted octanol–water partition coefficient (Wildman–Crippen LogP) is 5.37. The summed E-state index contributed by atoms with van der Waals surface area (Å²) in [5.41, 5.74) is 1.92. The summed E-state index contributed by atoms with van der Waals surface area (Å²) >= 11 is 1.46. The molecular formula is C27H39N5O2S. The summed E-state index contributed by atoms with van der Waals surface area (Å²) in [7, 11) is 0. The lowest BCUT2D eigenvalue weighted by atomic mass is 9.88. The average molecular weight is 498 g/mol. The first-order chi connectivity index (χ1) is 17.0. The van der Waals surface area contributed by atoms with E-state index in [0.717, 1.165) is 36.9 Å². The molecule has 35 heavy (non-hydrogen) atoms.